The van der Waals surface area contributed by atoms with Gasteiger partial charge in [-0.15, -0.1) is 0 Å². The number of H-pyrrole nitrogens is 1. The van der Waals surface area contributed by atoms with Gasteiger partial charge in [0.1, 0.15) is 0 Å². The van der Waals surface area contributed by atoms with Crippen LogP contribution in [0.1, 0.15) is 29.8 Å². The lowest BCUT2D eigenvalue weighted by atomic mass is 9.92. The van der Waals surface area contributed by atoms with Gasteiger partial charge in [-0.05, 0) is 12.8 Å². The van der Waals surface area contributed by atoms with Crippen LogP contribution in [0.4, 0.5) is 22.0 Å². The van der Waals surface area contributed by atoms with E-state index in [1.54, 1.807) is 0 Å². The van der Waals surface area contributed by atoms with Gasteiger partial charge in [-0.25, -0.2) is 8.78 Å². The largest absolute Gasteiger partial charge is 0.435 e. The number of aromatic amines is 1. The van der Waals surface area contributed by atoms with E-state index in [1.165, 1.54) is 0 Å². The number of nitrogens with one attached hydrogen (secondary N) is 1. The molecule has 84 valence electrons. The lowest BCUT2D eigenvalue weighted by Gasteiger charge is -2.22. The number of fused-ring (bicyclic) bond motifs is 1. The highest BCUT2D eigenvalue weighted by atomic mass is 19.4. The Kier molecular flexibility index (Phi) is 2.03. The highest BCUT2D eigenvalue weighted by Gasteiger charge is 2.48. The van der Waals surface area contributed by atoms with Gasteiger partial charge in [0.25, 0.3) is 5.92 Å². The number of hydrogen-bond acceptors (Lipinski definition) is 1. The summed E-state index contributed by atoms with van der Waals surface area (Å²) in [5.74, 6) is -3.43. The van der Waals surface area contributed by atoms with E-state index < -0.39 is 29.8 Å². The van der Waals surface area contributed by atoms with Crippen LogP contribution in [0.25, 0.3) is 0 Å². The summed E-state index contributed by atoms with van der Waals surface area (Å²) in [7, 11) is 0. The quantitative estimate of drug-likeness (QED) is 0.677. The number of rotatable bonds is 0. The first-order valence-corrected chi connectivity index (χ1v) is 4.35. The molecule has 2 rings (SSSR count). The second-order valence-electron chi connectivity index (χ2n) is 3.48. The summed E-state index contributed by atoms with van der Waals surface area (Å²) in [4.78, 5) is 0. The summed E-state index contributed by atoms with van der Waals surface area (Å²) in [5, 5.41) is 4.97. The van der Waals surface area contributed by atoms with E-state index in [0.29, 0.717) is 0 Å². The lowest BCUT2D eigenvalue weighted by molar-refractivity contribution is -0.146. The average Bonchev–Trinajstić information content (AvgIpc) is 2.46. The van der Waals surface area contributed by atoms with Crippen molar-refractivity contribution in [2.45, 2.75) is 31.4 Å². The Balaban J connectivity index is 2.57. The molecule has 0 radical (unpaired) electrons. The molecule has 2 nitrogen and oxygen atoms in total. The van der Waals surface area contributed by atoms with Gasteiger partial charge in [0.05, 0.1) is 5.56 Å². The molecular formula is C8H7F5N2. The third-order valence-electron chi connectivity index (χ3n) is 2.39. The minimum atomic E-state index is -4.83. The SMILES string of the molecule is FC(F)(F)c1n[nH]c2c1C(F)(F)CCC2. The van der Waals surface area contributed by atoms with Gasteiger partial charge in [0, 0.05) is 12.1 Å². The summed E-state index contributed by atoms with van der Waals surface area (Å²) in [6, 6.07) is 0. The molecule has 0 saturated heterocycles. The fourth-order valence-corrected chi connectivity index (χ4v) is 1.77. The number of alkyl halides is 5. The van der Waals surface area contributed by atoms with Gasteiger partial charge in [0.15, 0.2) is 5.69 Å². The van der Waals surface area contributed by atoms with E-state index in [9.17, 15) is 22.0 Å². The van der Waals surface area contributed by atoms with Crippen molar-refractivity contribution in [3.8, 4) is 0 Å². The molecular weight excluding hydrogens is 219 g/mol. The molecule has 0 fully saturated rings. The minimum absolute atomic E-state index is 0.0985. The van der Waals surface area contributed by atoms with Crippen molar-refractivity contribution < 1.29 is 22.0 Å². The molecule has 1 aromatic heterocycles. The summed E-state index contributed by atoms with van der Waals surface area (Å²) < 4.78 is 63.5. The zero-order chi connectivity index (χ0) is 11.3. The Bertz CT molecular complexity index is 379. The van der Waals surface area contributed by atoms with Crippen molar-refractivity contribution in [2.75, 3.05) is 0 Å². The monoisotopic (exact) mass is 226 g/mol. The van der Waals surface area contributed by atoms with Gasteiger partial charge in [-0.2, -0.15) is 18.3 Å². The van der Waals surface area contributed by atoms with Crippen molar-refractivity contribution in [3.05, 3.63) is 17.0 Å². The van der Waals surface area contributed by atoms with Crippen LogP contribution in [0.5, 0.6) is 0 Å². The van der Waals surface area contributed by atoms with E-state index in [2.05, 4.69) is 5.10 Å². The van der Waals surface area contributed by atoms with Crippen LogP contribution in [0.15, 0.2) is 0 Å². The predicted octanol–water partition coefficient (Wildman–Crippen LogP) is 2.86. The van der Waals surface area contributed by atoms with Gasteiger partial charge in [0.2, 0.25) is 0 Å². The van der Waals surface area contributed by atoms with E-state index in [-0.39, 0.29) is 18.5 Å². The molecule has 0 saturated carbocycles. The Hall–Kier alpha value is -1.14. The zero-order valence-corrected chi connectivity index (χ0v) is 7.46. The molecule has 0 bridgehead atoms. The fraction of sp³-hybridized carbons (Fsp3) is 0.625. The molecule has 0 amide bonds. The number of hydrogen-bond donors (Lipinski definition) is 1. The molecule has 1 aromatic rings. The first-order chi connectivity index (χ1) is 6.82. The van der Waals surface area contributed by atoms with Crippen molar-refractivity contribution in [1.82, 2.24) is 10.2 Å². The summed E-state index contributed by atoms with van der Waals surface area (Å²) >= 11 is 0. The molecule has 0 aliphatic heterocycles. The van der Waals surface area contributed by atoms with Gasteiger partial charge in [-0.1, -0.05) is 0 Å². The van der Waals surface area contributed by atoms with Gasteiger partial charge in [-0.3, -0.25) is 5.10 Å². The minimum Gasteiger partial charge on any atom is -0.281 e. The molecule has 1 heterocycles. The molecule has 1 aliphatic rings. The number of aromatic nitrogens is 2. The Labute approximate surface area is 81.5 Å². The Morgan fingerprint density at radius 2 is 1.93 bits per heavy atom. The highest BCUT2D eigenvalue weighted by Crippen LogP contribution is 2.45. The van der Waals surface area contributed by atoms with Crippen LogP contribution in [-0.4, -0.2) is 10.2 Å². The lowest BCUT2D eigenvalue weighted by Crippen LogP contribution is -2.24. The molecule has 0 unspecified atom stereocenters. The molecule has 0 atom stereocenters. The maximum atomic E-state index is 13.3. The number of nitrogens with zero attached hydrogens (tertiary/aromatic N) is 1. The van der Waals surface area contributed by atoms with Crippen LogP contribution >= 0.6 is 0 Å². The summed E-state index contributed by atoms with van der Waals surface area (Å²) in [5.41, 5.74) is -2.55. The fourth-order valence-electron chi connectivity index (χ4n) is 1.77. The second kappa shape index (κ2) is 2.93. The standard InChI is InChI=1S/C8H7F5N2/c9-7(10)3-1-2-4-5(7)6(15-14-4)8(11,12)13/h1-3H2,(H,14,15). The van der Waals surface area contributed by atoms with Gasteiger partial charge < -0.3 is 0 Å². The predicted molar refractivity (Wildman–Crippen MR) is 40.4 cm³/mol. The Morgan fingerprint density at radius 1 is 1.27 bits per heavy atom. The van der Waals surface area contributed by atoms with E-state index in [4.69, 9.17) is 0 Å². The molecule has 1 aliphatic carbocycles. The summed E-state index contributed by atoms with van der Waals surface area (Å²) in [6.07, 6.45) is -5.03. The number of halogens is 5. The van der Waals surface area contributed by atoms with Crippen molar-refractivity contribution in [2.24, 2.45) is 0 Å². The van der Waals surface area contributed by atoms with Crippen LogP contribution in [-0.2, 0) is 18.5 Å². The highest BCUT2D eigenvalue weighted by molar-refractivity contribution is 5.33. The zero-order valence-electron chi connectivity index (χ0n) is 7.46. The van der Waals surface area contributed by atoms with E-state index in [0.717, 1.165) is 0 Å². The van der Waals surface area contributed by atoms with Crippen molar-refractivity contribution in [3.63, 3.8) is 0 Å². The molecule has 7 heteroatoms. The van der Waals surface area contributed by atoms with E-state index in [1.807, 2.05) is 5.10 Å². The van der Waals surface area contributed by atoms with Gasteiger partial charge >= 0.3 is 6.18 Å². The first-order valence-electron chi connectivity index (χ1n) is 4.35. The van der Waals surface area contributed by atoms with Crippen LogP contribution in [0.3, 0.4) is 0 Å². The third kappa shape index (κ3) is 1.59. The maximum Gasteiger partial charge on any atom is 0.435 e. The number of aryl methyl sites for hydroxylation is 1. The molecule has 1 N–H and O–H groups in total. The van der Waals surface area contributed by atoms with Crippen LogP contribution in [0, 0.1) is 0 Å². The maximum absolute atomic E-state index is 13.3. The van der Waals surface area contributed by atoms with Crippen molar-refractivity contribution >= 4 is 0 Å². The normalized spacial score (nSPS) is 20.1. The van der Waals surface area contributed by atoms with Crippen molar-refractivity contribution in [1.29, 1.82) is 0 Å². The first kappa shape index (κ1) is 10.4. The van der Waals surface area contributed by atoms with Crippen LogP contribution < -0.4 is 0 Å². The molecule has 0 spiro atoms. The molecule has 15 heavy (non-hydrogen) atoms. The third-order valence-corrected chi connectivity index (χ3v) is 2.39. The summed E-state index contributed by atoms with van der Waals surface area (Å²) in [6.45, 7) is 0. The Morgan fingerprint density at radius 3 is 2.53 bits per heavy atom. The molecule has 0 aromatic carbocycles. The smallest absolute Gasteiger partial charge is 0.281 e. The average molecular weight is 226 g/mol. The van der Waals surface area contributed by atoms with Crippen LogP contribution in [0.2, 0.25) is 0 Å². The topological polar surface area (TPSA) is 28.7 Å². The van der Waals surface area contributed by atoms with E-state index >= 15 is 0 Å². The second-order valence-corrected chi connectivity index (χ2v) is 3.48.